The lowest BCUT2D eigenvalue weighted by Crippen LogP contribution is -1.99. The minimum absolute atomic E-state index is 0.620. The summed E-state index contributed by atoms with van der Waals surface area (Å²) in [6, 6.07) is 6.28. The van der Waals surface area contributed by atoms with E-state index in [9.17, 15) is 0 Å². The van der Waals surface area contributed by atoms with Gasteiger partial charge in [-0.15, -0.1) is 0 Å². The third-order valence-corrected chi connectivity index (χ3v) is 2.81. The summed E-state index contributed by atoms with van der Waals surface area (Å²) in [5.41, 5.74) is 9.17. The first-order valence-corrected chi connectivity index (χ1v) is 5.06. The van der Waals surface area contributed by atoms with Gasteiger partial charge < -0.3 is 5.73 Å². The molecule has 0 fully saturated rings. The maximum atomic E-state index is 5.51. The van der Waals surface area contributed by atoms with Crippen molar-refractivity contribution >= 4 is 22.0 Å². The van der Waals surface area contributed by atoms with Gasteiger partial charge in [-0.05, 0) is 31.0 Å². The van der Waals surface area contributed by atoms with Crippen molar-refractivity contribution in [1.29, 1.82) is 0 Å². The van der Waals surface area contributed by atoms with E-state index >= 15 is 0 Å². The number of aryl methyl sites for hydroxylation is 1. The van der Waals surface area contributed by atoms with Gasteiger partial charge in [0.2, 0.25) is 0 Å². The van der Waals surface area contributed by atoms with Crippen LogP contribution in [0.1, 0.15) is 18.1 Å². The third kappa shape index (κ3) is 2.98. The molecule has 13 heavy (non-hydrogen) atoms. The Kier molecular flexibility index (Phi) is 3.70. The van der Waals surface area contributed by atoms with E-state index in [1.807, 2.05) is 6.92 Å². The second-order valence-electron chi connectivity index (χ2n) is 3.20. The Labute approximate surface area is 87.8 Å². The van der Waals surface area contributed by atoms with Gasteiger partial charge in [-0.3, -0.25) is 0 Å². The van der Waals surface area contributed by atoms with Crippen LogP contribution in [0, 0.1) is 6.92 Å². The van der Waals surface area contributed by atoms with Gasteiger partial charge in [-0.2, -0.15) is 0 Å². The first kappa shape index (κ1) is 10.5. The number of hydrogen-bond acceptors (Lipinski definition) is 1. The molecule has 1 nitrogen and oxygen atoms in total. The van der Waals surface area contributed by atoms with E-state index in [1.54, 1.807) is 0 Å². The maximum absolute atomic E-state index is 5.51. The molecule has 0 radical (unpaired) electrons. The Bertz CT molecular complexity index is 329. The molecule has 0 bridgehead atoms. The summed E-state index contributed by atoms with van der Waals surface area (Å²) in [6.45, 7) is 4.74. The van der Waals surface area contributed by atoms with Gasteiger partial charge in [0.15, 0.2) is 0 Å². The molecule has 0 saturated carbocycles. The molecule has 0 amide bonds. The number of hydrogen-bond donors (Lipinski definition) is 1. The number of benzene rings is 1. The highest BCUT2D eigenvalue weighted by Gasteiger charge is 1.94. The average molecular weight is 240 g/mol. The fraction of sp³-hybridized carbons (Fsp3) is 0.273. The van der Waals surface area contributed by atoms with Gasteiger partial charge >= 0.3 is 0 Å². The Hall–Kier alpha value is -0.600. The van der Waals surface area contributed by atoms with E-state index < -0.39 is 0 Å². The summed E-state index contributed by atoms with van der Waals surface area (Å²) in [5.74, 6) is 0. The van der Waals surface area contributed by atoms with E-state index in [0.717, 1.165) is 4.47 Å². The lowest BCUT2D eigenvalue weighted by molar-refractivity contribution is 1.15. The summed E-state index contributed by atoms with van der Waals surface area (Å²) in [5, 5.41) is 0. The van der Waals surface area contributed by atoms with Crippen LogP contribution in [0.2, 0.25) is 0 Å². The van der Waals surface area contributed by atoms with Crippen molar-refractivity contribution in [2.24, 2.45) is 5.73 Å². The Morgan fingerprint density at radius 2 is 2.23 bits per heavy atom. The molecular formula is C11H14BrN. The molecule has 0 aliphatic rings. The van der Waals surface area contributed by atoms with Crippen LogP contribution in [0.4, 0.5) is 0 Å². The molecule has 0 spiro atoms. The van der Waals surface area contributed by atoms with Gasteiger partial charge in [0.1, 0.15) is 0 Å². The molecule has 0 atom stereocenters. The van der Waals surface area contributed by atoms with E-state index in [4.69, 9.17) is 5.73 Å². The predicted molar refractivity (Wildman–Crippen MR) is 61.6 cm³/mol. The van der Waals surface area contributed by atoms with Crippen molar-refractivity contribution in [3.05, 3.63) is 39.4 Å². The second kappa shape index (κ2) is 4.58. The van der Waals surface area contributed by atoms with E-state index in [1.165, 1.54) is 16.7 Å². The summed E-state index contributed by atoms with van der Waals surface area (Å²) in [6.07, 6.45) is 2.11. The topological polar surface area (TPSA) is 26.0 Å². The zero-order valence-corrected chi connectivity index (χ0v) is 9.56. The van der Waals surface area contributed by atoms with E-state index in [-0.39, 0.29) is 0 Å². The Balaban J connectivity index is 2.98. The molecule has 1 aromatic rings. The SMILES string of the molecule is CC(=Cc1ccc(Br)c(C)c1)CN. The number of rotatable bonds is 2. The smallest absolute Gasteiger partial charge is 0.0204 e. The molecule has 0 unspecified atom stereocenters. The fourth-order valence-electron chi connectivity index (χ4n) is 1.10. The van der Waals surface area contributed by atoms with Crippen LogP contribution < -0.4 is 5.73 Å². The van der Waals surface area contributed by atoms with E-state index in [0.29, 0.717) is 6.54 Å². The molecule has 70 valence electrons. The normalized spacial score (nSPS) is 11.8. The van der Waals surface area contributed by atoms with E-state index in [2.05, 4.69) is 47.1 Å². The van der Waals surface area contributed by atoms with Crippen LogP contribution >= 0.6 is 15.9 Å². The summed E-state index contributed by atoms with van der Waals surface area (Å²) >= 11 is 3.47. The van der Waals surface area contributed by atoms with Crippen molar-refractivity contribution in [3.63, 3.8) is 0 Å². The zero-order chi connectivity index (χ0) is 9.84. The van der Waals surface area contributed by atoms with Crippen molar-refractivity contribution < 1.29 is 0 Å². The summed E-state index contributed by atoms with van der Waals surface area (Å²) < 4.78 is 1.15. The first-order chi connectivity index (χ1) is 6.13. The minimum atomic E-state index is 0.620. The molecule has 2 heteroatoms. The highest BCUT2D eigenvalue weighted by Crippen LogP contribution is 2.18. The number of halogens is 1. The second-order valence-corrected chi connectivity index (χ2v) is 4.06. The van der Waals surface area contributed by atoms with Crippen LogP contribution in [-0.4, -0.2) is 6.54 Å². The van der Waals surface area contributed by atoms with Crippen LogP contribution in [0.15, 0.2) is 28.2 Å². The molecular weight excluding hydrogens is 226 g/mol. The third-order valence-electron chi connectivity index (χ3n) is 1.92. The molecule has 0 aliphatic carbocycles. The van der Waals surface area contributed by atoms with Crippen molar-refractivity contribution in [3.8, 4) is 0 Å². The molecule has 1 aromatic carbocycles. The average Bonchev–Trinajstić information content (AvgIpc) is 2.11. The lowest BCUT2D eigenvalue weighted by Gasteiger charge is -2.01. The van der Waals surface area contributed by atoms with Crippen LogP contribution in [0.3, 0.4) is 0 Å². The standard InChI is InChI=1S/C11H14BrN/c1-8(7-13)5-10-3-4-11(12)9(2)6-10/h3-6H,7,13H2,1-2H3. The van der Waals surface area contributed by atoms with Gasteiger partial charge in [0, 0.05) is 11.0 Å². The summed E-state index contributed by atoms with van der Waals surface area (Å²) in [4.78, 5) is 0. The Morgan fingerprint density at radius 3 is 2.77 bits per heavy atom. The predicted octanol–water partition coefficient (Wildman–Crippen LogP) is 3.12. The quantitative estimate of drug-likeness (QED) is 0.844. The molecule has 0 saturated heterocycles. The van der Waals surface area contributed by atoms with Crippen LogP contribution in [0.25, 0.3) is 6.08 Å². The first-order valence-electron chi connectivity index (χ1n) is 4.27. The largest absolute Gasteiger partial charge is 0.327 e. The molecule has 0 heterocycles. The monoisotopic (exact) mass is 239 g/mol. The fourth-order valence-corrected chi connectivity index (χ4v) is 1.35. The van der Waals surface area contributed by atoms with Gasteiger partial charge in [-0.1, -0.05) is 39.7 Å². The van der Waals surface area contributed by atoms with Gasteiger partial charge in [0.25, 0.3) is 0 Å². The van der Waals surface area contributed by atoms with Crippen LogP contribution in [0.5, 0.6) is 0 Å². The molecule has 1 rings (SSSR count). The van der Waals surface area contributed by atoms with Gasteiger partial charge in [0.05, 0.1) is 0 Å². The highest BCUT2D eigenvalue weighted by atomic mass is 79.9. The van der Waals surface area contributed by atoms with Crippen LogP contribution in [-0.2, 0) is 0 Å². The lowest BCUT2D eigenvalue weighted by atomic mass is 10.1. The molecule has 0 aromatic heterocycles. The zero-order valence-electron chi connectivity index (χ0n) is 7.97. The summed E-state index contributed by atoms with van der Waals surface area (Å²) in [7, 11) is 0. The highest BCUT2D eigenvalue weighted by molar-refractivity contribution is 9.10. The number of nitrogens with two attached hydrogens (primary N) is 1. The van der Waals surface area contributed by atoms with Crippen molar-refractivity contribution in [1.82, 2.24) is 0 Å². The Morgan fingerprint density at radius 1 is 1.54 bits per heavy atom. The maximum Gasteiger partial charge on any atom is 0.0204 e. The van der Waals surface area contributed by atoms with Gasteiger partial charge in [-0.25, -0.2) is 0 Å². The molecule has 0 aliphatic heterocycles. The van der Waals surface area contributed by atoms with Crippen molar-refractivity contribution in [2.75, 3.05) is 6.54 Å². The van der Waals surface area contributed by atoms with Crippen molar-refractivity contribution in [2.45, 2.75) is 13.8 Å². The minimum Gasteiger partial charge on any atom is -0.327 e. The molecule has 2 N–H and O–H groups in total.